The summed E-state index contributed by atoms with van der Waals surface area (Å²) in [7, 11) is 0. The average Bonchev–Trinajstić information content (AvgIpc) is 3.64. The highest BCUT2D eigenvalue weighted by Crippen LogP contribution is 2.45. The molecule has 5 saturated heterocycles. The molecule has 1 amide bonds. The Balaban J connectivity index is 0.973. The van der Waals surface area contributed by atoms with Gasteiger partial charge in [-0.25, -0.2) is 0 Å². The van der Waals surface area contributed by atoms with Crippen LogP contribution in [0.15, 0.2) is 0 Å². The SMILES string of the molecule is CC1NNCC(CNC(=O)C2CC3CCC2N3C2CCC(NC3NCC4OC(C#N)CC4C3Br)CC2)C1C. The summed E-state index contributed by atoms with van der Waals surface area (Å²) >= 11 is 3.93. The number of rotatable bonds is 6. The zero-order valence-electron chi connectivity index (χ0n) is 22.9. The van der Waals surface area contributed by atoms with E-state index in [9.17, 15) is 10.1 Å². The van der Waals surface area contributed by atoms with Gasteiger partial charge in [0, 0.05) is 60.6 Å². The van der Waals surface area contributed by atoms with E-state index in [2.05, 4.69) is 67.5 Å². The predicted molar refractivity (Wildman–Crippen MR) is 149 cm³/mol. The smallest absolute Gasteiger partial charge is 0.224 e. The van der Waals surface area contributed by atoms with Crippen molar-refractivity contribution in [3.05, 3.63) is 0 Å². The van der Waals surface area contributed by atoms with Crippen LogP contribution in [0.4, 0.5) is 0 Å². The van der Waals surface area contributed by atoms with Crippen LogP contribution in [0.3, 0.4) is 0 Å². The number of fused-ring (bicyclic) bond motifs is 3. The lowest BCUT2D eigenvalue weighted by Crippen LogP contribution is -2.61. The zero-order valence-corrected chi connectivity index (χ0v) is 24.5. The summed E-state index contributed by atoms with van der Waals surface area (Å²) in [5.41, 5.74) is 6.61. The van der Waals surface area contributed by atoms with E-state index in [0.29, 0.717) is 48.0 Å². The standard InChI is InChI=1S/C28H46BrN7O2/c1-15-16(2)35-33-13-17(15)12-32-28(37)22-9-20-7-8-24(22)36(20)19-5-3-18(4-6-19)34-27-26(29)23-10-21(11-30)38-25(23)14-31-27/h15-27,31,33-35H,3-10,12-14H2,1-2H3,(H,32,37). The van der Waals surface area contributed by atoms with Crippen molar-refractivity contribution in [1.29, 1.82) is 5.26 Å². The van der Waals surface area contributed by atoms with Gasteiger partial charge in [-0.05, 0) is 70.1 Å². The van der Waals surface area contributed by atoms with Crippen molar-refractivity contribution in [2.75, 3.05) is 19.6 Å². The molecule has 6 fully saturated rings. The molecule has 5 aliphatic heterocycles. The molecule has 0 spiro atoms. The van der Waals surface area contributed by atoms with Gasteiger partial charge in [-0.3, -0.25) is 31.2 Å². The molecule has 2 bridgehead atoms. The van der Waals surface area contributed by atoms with Crippen molar-refractivity contribution in [2.24, 2.45) is 23.7 Å². The average molecular weight is 593 g/mol. The molecule has 6 rings (SSSR count). The molecule has 9 nitrogen and oxygen atoms in total. The minimum absolute atomic E-state index is 0.136. The van der Waals surface area contributed by atoms with Crippen LogP contribution in [0, 0.1) is 35.0 Å². The molecule has 0 aromatic heterocycles. The number of carbonyl (C=O) groups is 1. The van der Waals surface area contributed by atoms with Crippen molar-refractivity contribution >= 4 is 21.8 Å². The van der Waals surface area contributed by atoms with Crippen LogP contribution in [-0.4, -0.2) is 83.9 Å². The molecule has 38 heavy (non-hydrogen) atoms. The van der Waals surface area contributed by atoms with Crippen molar-refractivity contribution < 1.29 is 9.53 Å². The minimum Gasteiger partial charge on any atom is -0.358 e. The first kappa shape index (κ1) is 27.4. The quantitative estimate of drug-likeness (QED) is 0.296. The molecule has 0 aromatic rings. The normalized spacial score (nSPS) is 48.9. The Bertz CT molecular complexity index is 895. The highest BCUT2D eigenvalue weighted by atomic mass is 79.9. The van der Waals surface area contributed by atoms with E-state index in [-0.39, 0.29) is 35.0 Å². The first-order valence-electron chi connectivity index (χ1n) is 15.1. The molecule has 5 heterocycles. The van der Waals surface area contributed by atoms with E-state index in [1.165, 1.54) is 38.5 Å². The van der Waals surface area contributed by atoms with Crippen LogP contribution in [0.5, 0.6) is 0 Å². The Morgan fingerprint density at radius 3 is 2.68 bits per heavy atom. The number of ether oxygens (including phenoxy) is 1. The fraction of sp³-hybridized carbons (Fsp3) is 0.929. The summed E-state index contributed by atoms with van der Waals surface area (Å²) < 4.78 is 5.88. The fourth-order valence-electron chi connectivity index (χ4n) is 8.51. The Morgan fingerprint density at radius 2 is 1.89 bits per heavy atom. The summed E-state index contributed by atoms with van der Waals surface area (Å²) in [6.07, 6.45) is 9.16. The third-order valence-electron chi connectivity index (χ3n) is 10.9. The number of hydrazine groups is 1. The summed E-state index contributed by atoms with van der Waals surface area (Å²) in [6, 6.07) is 4.85. The fourth-order valence-corrected chi connectivity index (χ4v) is 9.41. The Morgan fingerprint density at radius 1 is 1.11 bits per heavy atom. The number of alkyl halides is 1. The molecule has 1 aliphatic carbocycles. The highest BCUT2D eigenvalue weighted by molar-refractivity contribution is 9.09. The monoisotopic (exact) mass is 591 g/mol. The Hall–Kier alpha value is -0.800. The maximum absolute atomic E-state index is 13.3. The number of nitrogens with one attached hydrogen (secondary N) is 5. The molecule has 6 aliphatic rings. The topological polar surface area (TPSA) is 113 Å². The number of nitrogens with zero attached hydrogens (tertiary/aromatic N) is 2. The minimum atomic E-state index is -0.267. The number of hydrogen-bond donors (Lipinski definition) is 5. The van der Waals surface area contributed by atoms with E-state index >= 15 is 0 Å². The van der Waals surface area contributed by atoms with Gasteiger partial charge < -0.3 is 10.1 Å². The third-order valence-corrected chi connectivity index (χ3v) is 12.1. The van der Waals surface area contributed by atoms with Gasteiger partial charge in [0.2, 0.25) is 5.91 Å². The van der Waals surface area contributed by atoms with Crippen molar-refractivity contribution in [3.8, 4) is 6.07 Å². The Labute approximate surface area is 236 Å². The van der Waals surface area contributed by atoms with Gasteiger partial charge in [-0.1, -0.05) is 22.9 Å². The molecule has 11 atom stereocenters. The first-order chi connectivity index (χ1) is 18.4. The van der Waals surface area contributed by atoms with Gasteiger partial charge in [0.25, 0.3) is 0 Å². The van der Waals surface area contributed by atoms with Crippen molar-refractivity contribution in [2.45, 2.75) is 119 Å². The van der Waals surface area contributed by atoms with Gasteiger partial charge in [0.05, 0.1) is 24.3 Å². The van der Waals surface area contributed by atoms with Crippen LogP contribution in [0.25, 0.3) is 0 Å². The molecule has 0 radical (unpaired) electrons. The van der Waals surface area contributed by atoms with E-state index < -0.39 is 0 Å². The molecule has 212 valence electrons. The van der Waals surface area contributed by atoms with Gasteiger partial charge in [0.15, 0.2) is 0 Å². The lowest BCUT2D eigenvalue weighted by Gasteiger charge is -2.42. The number of halogens is 1. The lowest BCUT2D eigenvalue weighted by atomic mass is 9.85. The largest absolute Gasteiger partial charge is 0.358 e. The number of hydrogen-bond acceptors (Lipinski definition) is 8. The molecule has 10 heteroatoms. The molecular formula is C28H46BrN7O2. The molecule has 5 N–H and O–H groups in total. The van der Waals surface area contributed by atoms with Crippen molar-refractivity contribution in [3.63, 3.8) is 0 Å². The van der Waals surface area contributed by atoms with Gasteiger partial charge in [-0.2, -0.15) is 5.26 Å². The molecule has 11 unspecified atom stereocenters. The van der Waals surface area contributed by atoms with Gasteiger partial charge >= 0.3 is 0 Å². The van der Waals surface area contributed by atoms with Crippen LogP contribution >= 0.6 is 15.9 Å². The van der Waals surface area contributed by atoms with E-state index in [0.717, 1.165) is 32.5 Å². The maximum atomic E-state index is 13.3. The summed E-state index contributed by atoms with van der Waals surface area (Å²) in [4.78, 5) is 16.3. The first-order valence-corrected chi connectivity index (χ1v) is 16.1. The second-order valence-electron chi connectivity index (χ2n) is 13.0. The molecular weight excluding hydrogens is 546 g/mol. The van der Waals surface area contributed by atoms with Crippen LogP contribution in [-0.2, 0) is 9.53 Å². The van der Waals surface area contributed by atoms with Gasteiger partial charge in [0.1, 0.15) is 6.10 Å². The molecule has 1 saturated carbocycles. The molecule has 0 aromatic carbocycles. The number of nitriles is 1. The maximum Gasteiger partial charge on any atom is 0.224 e. The number of carbonyl (C=O) groups excluding carboxylic acids is 1. The third kappa shape index (κ3) is 5.29. The second-order valence-corrected chi connectivity index (χ2v) is 14.0. The van der Waals surface area contributed by atoms with Crippen LogP contribution < -0.4 is 26.8 Å². The zero-order chi connectivity index (χ0) is 26.4. The van der Waals surface area contributed by atoms with Crippen molar-refractivity contribution in [1.82, 2.24) is 31.7 Å². The van der Waals surface area contributed by atoms with E-state index in [4.69, 9.17) is 4.74 Å². The van der Waals surface area contributed by atoms with Gasteiger partial charge in [-0.15, -0.1) is 0 Å². The van der Waals surface area contributed by atoms with Crippen LogP contribution in [0.1, 0.15) is 65.2 Å². The highest BCUT2D eigenvalue weighted by Gasteiger charge is 2.52. The second kappa shape index (κ2) is 11.6. The summed E-state index contributed by atoms with van der Waals surface area (Å²) in [5.74, 6) is 1.85. The summed E-state index contributed by atoms with van der Waals surface area (Å²) in [5, 5.41) is 20.1. The lowest BCUT2D eigenvalue weighted by molar-refractivity contribution is -0.126. The predicted octanol–water partition coefficient (Wildman–Crippen LogP) is 1.59. The number of piperidine rings is 1. The Kier molecular flexibility index (Phi) is 8.35. The van der Waals surface area contributed by atoms with E-state index in [1.54, 1.807) is 0 Å². The summed E-state index contributed by atoms with van der Waals surface area (Å²) in [6.45, 7) is 6.99. The number of amides is 1. The van der Waals surface area contributed by atoms with Crippen LogP contribution in [0.2, 0.25) is 0 Å². The van der Waals surface area contributed by atoms with E-state index in [1.807, 2.05) is 0 Å².